The molecule has 0 N–H and O–H groups in total. The van der Waals surface area contributed by atoms with Crippen molar-refractivity contribution in [3.05, 3.63) is 65.9 Å². The van der Waals surface area contributed by atoms with Gasteiger partial charge in [-0.1, -0.05) is 18.2 Å². The van der Waals surface area contributed by atoms with Crippen molar-refractivity contribution in [3.63, 3.8) is 0 Å². The summed E-state index contributed by atoms with van der Waals surface area (Å²) in [5.41, 5.74) is 2.52. The Labute approximate surface area is 164 Å². The van der Waals surface area contributed by atoms with Crippen LogP contribution >= 0.6 is 0 Å². The zero-order valence-corrected chi connectivity index (χ0v) is 16.1. The summed E-state index contributed by atoms with van der Waals surface area (Å²) >= 11 is 0. The minimum atomic E-state index is 0.0121. The van der Waals surface area contributed by atoms with Gasteiger partial charge in [0, 0.05) is 38.4 Å². The van der Waals surface area contributed by atoms with Crippen LogP contribution in [-0.4, -0.2) is 43.6 Å². The molecular weight excluding hydrogens is 354 g/mol. The minimum Gasteiger partial charge on any atom is -0.437 e. The molecule has 0 radical (unpaired) electrons. The summed E-state index contributed by atoms with van der Waals surface area (Å²) in [6, 6.07) is 7.82. The fraction of sp³-hybridized carbons (Fsp3) is 0.333. The molecule has 0 spiro atoms. The number of likely N-dealkylation sites (tertiary alicyclic amines) is 1. The number of carbonyl (C=O) groups excluding carboxylic acids is 1. The quantitative estimate of drug-likeness (QED) is 0.697. The second-order valence-corrected chi connectivity index (χ2v) is 7.14. The standard InChI is InChI=1S/C21H23N5O2/c1-15-6-3-4-8-19(15)28-20-12-22-11-18(24-20)16-7-5-9-26(14-16)21(27)17-10-23-25(2)13-17/h3-4,6,8,10-13,16H,5,7,9,14H2,1-2H3. The number of carbonyl (C=O) groups is 1. The van der Waals surface area contributed by atoms with Crippen LogP contribution in [0.2, 0.25) is 0 Å². The Bertz CT molecular complexity index is 984. The third-order valence-electron chi connectivity index (χ3n) is 5.02. The lowest BCUT2D eigenvalue weighted by Crippen LogP contribution is -2.39. The highest BCUT2D eigenvalue weighted by Gasteiger charge is 2.27. The third kappa shape index (κ3) is 3.88. The van der Waals surface area contributed by atoms with Crippen molar-refractivity contribution >= 4 is 5.91 Å². The number of hydrogen-bond acceptors (Lipinski definition) is 5. The lowest BCUT2D eigenvalue weighted by Gasteiger charge is -2.32. The molecule has 0 saturated carbocycles. The Kier molecular flexibility index (Phi) is 5.06. The second-order valence-electron chi connectivity index (χ2n) is 7.14. The van der Waals surface area contributed by atoms with Gasteiger partial charge >= 0.3 is 0 Å². The van der Waals surface area contributed by atoms with E-state index in [1.807, 2.05) is 43.1 Å². The van der Waals surface area contributed by atoms with E-state index in [1.165, 1.54) is 0 Å². The predicted molar refractivity (Wildman–Crippen MR) is 104 cm³/mol. The Balaban J connectivity index is 1.49. The molecule has 144 valence electrons. The van der Waals surface area contributed by atoms with Crippen LogP contribution in [0.3, 0.4) is 0 Å². The number of aryl methyl sites for hydroxylation is 2. The molecule has 1 unspecified atom stereocenters. The number of nitrogens with zero attached hydrogens (tertiary/aromatic N) is 5. The maximum absolute atomic E-state index is 12.7. The van der Waals surface area contributed by atoms with E-state index in [9.17, 15) is 4.79 Å². The first-order chi connectivity index (χ1) is 13.6. The van der Waals surface area contributed by atoms with E-state index in [4.69, 9.17) is 4.74 Å². The SMILES string of the molecule is Cc1ccccc1Oc1cncc(C2CCCN(C(=O)c3cnn(C)c3)C2)n1. The van der Waals surface area contributed by atoms with Crippen molar-refractivity contribution in [1.29, 1.82) is 0 Å². The van der Waals surface area contributed by atoms with Crippen LogP contribution in [0.5, 0.6) is 11.6 Å². The summed E-state index contributed by atoms with van der Waals surface area (Å²) in [7, 11) is 1.81. The van der Waals surface area contributed by atoms with Crippen molar-refractivity contribution in [2.75, 3.05) is 13.1 Å². The van der Waals surface area contributed by atoms with Crippen molar-refractivity contribution in [3.8, 4) is 11.6 Å². The first-order valence-electron chi connectivity index (χ1n) is 9.43. The monoisotopic (exact) mass is 377 g/mol. The number of amides is 1. The molecule has 7 heteroatoms. The van der Waals surface area contributed by atoms with Gasteiger partial charge in [0.15, 0.2) is 0 Å². The van der Waals surface area contributed by atoms with Crippen LogP contribution in [0.15, 0.2) is 49.1 Å². The number of ether oxygens (including phenoxy) is 1. The van der Waals surface area contributed by atoms with E-state index in [2.05, 4.69) is 15.1 Å². The van der Waals surface area contributed by atoms with Crippen molar-refractivity contribution in [2.45, 2.75) is 25.7 Å². The van der Waals surface area contributed by atoms with Gasteiger partial charge < -0.3 is 9.64 Å². The zero-order chi connectivity index (χ0) is 19.5. The fourth-order valence-corrected chi connectivity index (χ4v) is 3.51. The van der Waals surface area contributed by atoms with Gasteiger partial charge in [0.25, 0.3) is 5.91 Å². The van der Waals surface area contributed by atoms with E-state index in [-0.39, 0.29) is 11.8 Å². The topological polar surface area (TPSA) is 73.1 Å². The number of rotatable bonds is 4. The molecule has 0 aliphatic carbocycles. The molecule has 3 aromatic rings. The highest BCUT2D eigenvalue weighted by molar-refractivity contribution is 5.93. The van der Waals surface area contributed by atoms with Crippen LogP contribution in [-0.2, 0) is 7.05 Å². The van der Waals surface area contributed by atoms with Gasteiger partial charge in [-0.3, -0.25) is 14.5 Å². The van der Waals surface area contributed by atoms with Gasteiger partial charge in [-0.15, -0.1) is 0 Å². The molecule has 2 aromatic heterocycles. The smallest absolute Gasteiger partial charge is 0.257 e. The second kappa shape index (κ2) is 7.80. The summed E-state index contributed by atoms with van der Waals surface area (Å²) in [5.74, 6) is 1.40. The summed E-state index contributed by atoms with van der Waals surface area (Å²) in [6.07, 6.45) is 8.66. The molecule has 1 aliphatic rings. The number of benzene rings is 1. The average Bonchev–Trinajstić information content (AvgIpc) is 3.16. The Morgan fingerprint density at radius 1 is 1.21 bits per heavy atom. The van der Waals surface area contributed by atoms with E-state index in [1.54, 1.807) is 29.5 Å². The highest BCUT2D eigenvalue weighted by atomic mass is 16.5. The number of aromatic nitrogens is 4. The fourth-order valence-electron chi connectivity index (χ4n) is 3.51. The number of para-hydroxylation sites is 1. The average molecular weight is 377 g/mol. The molecule has 1 fully saturated rings. The van der Waals surface area contributed by atoms with Crippen molar-refractivity contribution in [1.82, 2.24) is 24.6 Å². The van der Waals surface area contributed by atoms with Crippen LogP contribution in [0, 0.1) is 6.92 Å². The largest absolute Gasteiger partial charge is 0.437 e. The summed E-state index contributed by atoms with van der Waals surface area (Å²) in [6.45, 7) is 3.36. The van der Waals surface area contributed by atoms with Gasteiger partial charge in [-0.25, -0.2) is 4.98 Å². The predicted octanol–water partition coefficient (Wildman–Crippen LogP) is 3.33. The molecule has 1 saturated heterocycles. The maximum atomic E-state index is 12.7. The number of hydrogen-bond donors (Lipinski definition) is 0. The molecule has 0 bridgehead atoms. The van der Waals surface area contributed by atoms with Gasteiger partial charge in [-0.05, 0) is 31.4 Å². The van der Waals surface area contributed by atoms with Gasteiger partial charge in [0.1, 0.15) is 5.75 Å². The van der Waals surface area contributed by atoms with Gasteiger partial charge in [-0.2, -0.15) is 5.10 Å². The van der Waals surface area contributed by atoms with Crippen LogP contribution < -0.4 is 4.74 Å². The van der Waals surface area contributed by atoms with Crippen molar-refractivity contribution < 1.29 is 9.53 Å². The summed E-state index contributed by atoms with van der Waals surface area (Å²) < 4.78 is 7.57. The normalized spacial score (nSPS) is 16.8. The Hall–Kier alpha value is -3.22. The highest BCUT2D eigenvalue weighted by Crippen LogP contribution is 2.29. The van der Waals surface area contributed by atoms with Gasteiger partial charge in [0.05, 0.1) is 23.7 Å². The minimum absolute atomic E-state index is 0.0121. The maximum Gasteiger partial charge on any atom is 0.257 e. The molecule has 4 rings (SSSR count). The summed E-state index contributed by atoms with van der Waals surface area (Å²) in [5, 5.41) is 4.10. The lowest BCUT2D eigenvalue weighted by atomic mass is 9.94. The first-order valence-corrected chi connectivity index (χ1v) is 9.43. The van der Waals surface area contributed by atoms with Crippen LogP contribution in [0.1, 0.15) is 40.4 Å². The Morgan fingerprint density at radius 2 is 2.07 bits per heavy atom. The van der Waals surface area contributed by atoms with Gasteiger partial charge in [0.2, 0.25) is 5.88 Å². The van der Waals surface area contributed by atoms with Crippen LogP contribution in [0.4, 0.5) is 0 Å². The molecule has 1 aliphatic heterocycles. The molecular formula is C21H23N5O2. The molecule has 1 aromatic carbocycles. The first kappa shape index (κ1) is 18.2. The zero-order valence-electron chi connectivity index (χ0n) is 16.1. The van der Waals surface area contributed by atoms with Crippen LogP contribution in [0.25, 0.3) is 0 Å². The lowest BCUT2D eigenvalue weighted by molar-refractivity contribution is 0.0705. The molecule has 3 heterocycles. The van der Waals surface area contributed by atoms with Crippen molar-refractivity contribution in [2.24, 2.45) is 7.05 Å². The number of piperidine rings is 1. The van der Waals surface area contributed by atoms with E-state index < -0.39 is 0 Å². The summed E-state index contributed by atoms with van der Waals surface area (Å²) in [4.78, 5) is 23.6. The molecule has 7 nitrogen and oxygen atoms in total. The molecule has 1 atom stereocenters. The Morgan fingerprint density at radius 3 is 2.86 bits per heavy atom. The van der Waals surface area contributed by atoms with E-state index in [0.29, 0.717) is 18.0 Å². The van der Waals surface area contributed by atoms with E-state index >= 15 is 0 Å². The molecule has 1 amide bonds. The van der Waals surface area contributed by atoms with E-state index in [0.717, 1.165) is 36.4 Å². The molecule has 28 heavy (non-hydrogen) atoms. The third-order valence-corrected chi connectivity index (χ3v) is 5.02.